The van der Waals surface area contributed by atoms with Crippen LogP contribution in [0.1, 0.15) is 0 Å². The van der Waals surface area contributed by atoms with Crippen molar-refractivity contribution in [2.24, 2.45) is 15.5 Å². The van der Waals surface area contributed by atoms with Crippen LogP contribution in [-0.2, 0) is 0 Å². The molecule has 0 atom stereocenters. The van der Waals surface area contributed by atoms with Gasteiger partial charge in [-0.3, -0.25) is 29.1 Å². The lowest BCUT2D eigenvalue weighted by atomic mass is 10.3. The van der Waals surface area contributed by atoms with Crippen molar-refractivity contribution < 1.29 is 37.0 Å². The second-order valence-electron chi connectivity index (χ2n) is 9.18. The van der Waals surface area contributed by atoms with E-state index in [1.165, 1.54) is 0 Å². The summed E-state index contributed by atoms with van der Waals surface area (Å²) < 4.78 is 52.7. The highest BCUT2D eigenvalue weighted by molar-refractivity contribution is 7.90. The summed E-state index contributed by atoms with van der Waals surface area (Å²) in [6, 6.07) is 28.0. The molecular formula is C28H34N5O8P3+2. The first-order valence-corrected chi connectivity index (χ1v) is 18.2. The molecule has 1 aliphatic rings. The lowest BCUT2D eigenvalue weighted by Gasteiger charge is -2.32. The number of ether oxygens (including phenoxy) is 4. The molecule has 44 heavy (non-hydrogen) atoms. The van der Waals surface area contributed by atoms with Crippen LogP contribution in [-0.4, -0.2) is 28.4 Å². The van der Waals surface area contributed by atoms with Gasteiger partial charge in [-0.25, -0.2) is 0 Å². The van der Waals surface area contributed by atoms with Crippen LogP contribution in [0.3, 0.4) is 0 Å². The third-order valence-corrected chi connectivity index (χ3v) is 14.3. The summed E-state index contributed by atoms with van der Waals surface area (Å²) in [5.41, 5.74) is 13.4. The van der Waals surface area contributed by atoms with Crippen LogP contribution in [0.2, 0.25) is 0 Å². The van der Waals surface area contributed by atoms with Crippen molar-refractivity contribution in [3.63, 3.8) is 0 Å². The summed E-state index contributed by atoms with van der Waals surface area (Å²) in [6.45, 7) is 0. The molecule has 6 N–H and O–H groups in total. The van der Waals surface area contributed by atoms with Gasteiger partial charge in [0.05, 0.1) is 28.4 Å². The van der Waals surface area contributed by atoms with Crippen LogP contribution in [0.4, 0.5) is 0 Å². The molecule has 1 aliphatic heterocycles. The lowest BCUT2D eigenvalue weighted by molar-refractivity contribution is 0.398. The summed E-state index contributed by atoms with van der Waals surface area (Å²) >= 11 is 0. The third kappa shape index (κ3) is 7.83. The molecule has 1 heterocycles. The van der Waals surface area contributed by atoms with Gasteiger partial charge < -0.3 is 18.9 Å². The lowest BCUT2D eigenvalue weighted by Crippen LogP contribution is -2.42. The topological polar surface area (TPSA) is 162 Å². The summed E-state index contributed by atoms with van der Waals surface area (Å²) in [4.78, 5) is 6.48. The van der Waals surface area contributed by atoms with Crippen LogP contribution in [0.25, 0.3) is 0 Å². The van der Waals surface area contributed by atoms with E-state index in [1.807, 2.05) is 0 Å². The third-order valence-electron chi connectivity index (χ3n) is 5.91. The molecule has 16 heteroatoms. The maximum atomic E-state index is 6.68. The number of nitrogens with zero attached hydrogens (tertiary/aromatic N) is 1. The zero-order valence-corrected chi connectivity index (χ0v) is 27.1. The van der Waals surface area contributed by atoms with E-state index in [2.05, 4.69) is 9.72 Å². The zero-order valence-electron chi connectivity index (χ0n) is 24.4. The molecule has 0 saturated heterocycles. The van der Waals surface area contributed by atoms with Gasteiger partial charge in [0, 0.05) is 24.3 Å². The average Bonchev–Trinajstić information content (AvgIpc) is 3.00. The molecule has 0 bridgehead atoms. The Morgan fingerprint density at radius 3 is 1.18 bits per heavy atom. The molecule has 0 aromatic heterocycles. The van der Waals surface area contributed by atoms with Gasteiger partial charge in [-0.05, 0) is 57.9 Å². The Kier molecular flexibility index (Phi) is 9.68. The predicted molar refractivity (Wildman–Crippen MR) is 172 cm³/mol. The quantitative estimate of drug-likeness (QED) is 0.118. The summed E-state index contributed by atoms with van der Waals surface area (Å²) in [5.74, 6) is 3.77. The van der Waals surface area contributed by atoms with E-state index in [0.29, 0.717) is 46.0 Å². The van der Waals surface area contributed by atoms with Crippen LogP contribution >= 0.6 is 23.5 Å². The highest BCUT2D eigenvalue weighted by atomic mass is 31.3. The molecule has 232 valence electrons. The Balaban J connectivity index is 1.66. The maximum absolute atomic E-state index is 6.68. The van der Waals surface area contributed by atoms with Gasteiger partial charge in [-0.15, -0.1) is 0 Å². The Labute approximate surface area is 257 Å². The second-order valence-corrected chi connectivity index (χ2v) is 15.8. The summed E-state index contributed by atoms with van der Waals surface area (Å²) in [7, 11) is -4.52. The largest absolute Gasteiger partial charge is 0.613 e. The van der Waals surface area contributed by atoms with Gasteiger partial charge in [0.2, 0.25) is 7.51 Å². The van der Waals surface area contributed by atoms with E-state index in [9.17, 15) is 0 Å². The Morgan fingerprint density at radius 2 is 0.841 bits per heavy atom. The molecule has 5 rings (SSSR count). The van der Waals surface area contributed by atoms with Gasteiger partial charge in [0.1, 0.15) is 27.9 Å². The molecule has 0 unspecified atom stereocenters. The fourth-order valence-corrected chi connectivity index (χ4v) is 13.2. The van der Waals surface area contributed by atoms with Crippen molar-refractivity contribution in [1.82, 2.24) is 9.72 Å². The minimum absolute atomic E-state index is 0.375. The summed E-state index contributed by atoms with van der Waals surface area (Å²) in [6.07, 6.45) is 0. The number of methoxy groups -OCH3 is 4. The fraction of sp³-hybridized carbons (Fsp3) is 0.143. The van der Waals surface area contributed by atoms with Gasteiger partial charge >= 0.3 is 16.0 Å². The first kappa shape index (κ1) is 31.6. The molecular weight excluding hydrogens is 627 g/mol. The first-order chi connectivity index (χ1) is 21.2. The number of nitrogens with two attached hydrogens (primary N) is 2. The second kappa shape index (κ2) is 13.5. The SMILES string of the molecule is COc1cccc(O[P+]2(Oc3cccc(OC)c3)N=P(N)(N)N[P+](Oc3cccc(OC)c3)(Oc3cccc(OC)c3)N2)c1. The predicted octanol–water partition coefficient (Wildman–Crippen LogP) is 6.75. The first-order valence-electron chi connectivity index (χ1n) is 13.1. The van der Waals surface area contributed by atoms with E-state index >= 15 is 0 Å². The van der Waals surface area contributed by atoms with Crippen LogP contribution < -0.4 is 57.8 Å². The Morgan fingerprint density at radius 1 is 0.523 bits per heavy atom. The van der Waals surface area contributed by atoms with E-state index in [4.69, 9.17) is 52.6 Å². The van der Waals surface area contributed by atoms with Gasteiger partial charge in [-0.1, -0.05) is 24.3 Å². The molecule has 0 aliphatic carbocycles. The van der Waals surface area contributed by atoms with Crippen molar-refractivity contribution >= 4 is 23.5 Å². The smallest absolute Gasteiger partial charge is 0.497 e. The molecule has 4 aromatic rings. The van der Waals surface area contributed by atoms with E-state index in [1.54, 1.807) is 126 Å². The van der Waals surface area contributed by atoms with Crippen molar-refractivity contribution in [3.8, 4) is 46.0 Å². The molecule has 0 spiro atoms. The Bertz CT molecular complexity index is 1560. The van der Waals surface area contributed by atoms with E-state index < -0.39 is 23.5 Å². The number of rotatable bonds is 12. The fourth-order valence-electron chi connectivity index (χ4n) is 4.05. The monoisotopic (exact) mass is 661 g/mol. The Hall–Kier alpha value is -3.79. The molecule has 0 radical (unpaired) electrons. The molecule has 13 nitrogen and oxygen atoms in total. The normalized spacial score (nSPS) is 16.0. The minimum atomic E-state index is -3.71. The van der Waals surface area contributed by atoms with Crippen molar-refractivity contribution in [2.75, 3.05) is 28.4 Å². The minimum Gasteiger partial charge on any atom is -0.497 e. The van der Waals surface area contributed by atoms with Crippen molar-refractivity contribution in [1.29, 1.82) is 0 Å². The summed E-state index contributed by atoms with van der Waals surface area (Å²) in [5, 5.41) is 0. The molecule has 4 aromatic carbocycles. The number of hydrogen-bond acceptors (Lipinski definition) is 13. The van der Waals surface area contributed by atoms with Gasteiger partial charge in [-0.2, -0.15) is 0 Å². The van der Waals surface area contributed by atoms with Gasteiger partial charge in [0.25, 0.3) is 0 Å². The van der Waals surface area contributed by atoms with Crippen molar-refractivity contribution in [2.45, 2.75) is 0 Å². The van der Waals surface area contributed by atoms with Gasteiger partial charge in [0.15, 0.2) is 23.0 Å². The van der Waals surface area contributed by atoms with Crippen LogP contribution in [0, 0.1) is 0 Å². The van der Waals surface area contributed by atoms with E-state index in [-0.39, 0.29) is 0 Å². The number of benzene rings is 4. The van der Waals surface area contributed by atoms with Crippen molar-refractivity contribution in [3.05, 3.63) is 97.1 Å². The van der Waals surface area contributed by atoms with Crippen LogP contribution in [0.5, 0.6) is 46.0 Å². The molecule has 0 amide bonds. The average molecular weight is 662 g/mol. The zero-order chi connectivity index (χ0) is 31.2. The van der Waals surface area contributed by atoms with E-state index in [0.717, 1.165) is 0 Å². The highest BCUT2D eigenvalue weighted by Crippen LogP contribution is 2.76. The molecule has 0 fully saturated rings. The number of hydrogen-bond donors (Lipinski definition) is 4. The molecule has 0 saturated carbocycles. The van der Waals surface area contributed by atoms with Crippen LogP contribution in [0.15, 0.2) is 102 Å². The number of nitrogens with one attached hydrogen (secondary N) is 2. The standard InChI is InChI=1S/C28H34N5O8P3/c1-34-21-9-5-13-25(17-21)38-43(39-26-14-6-10-22(18-26)35-2)31-42(29,30)32-44(33-43,40-27-15-7-11-23(19-27)36-3)41-28-16-8-12-24(20-28)37-4/h5-20,31,33H,29-30H2,1-4H3/q+2. The highest BCUT2D eigenvalue weighted by Gasteiger charge is 2.71. The maximum Gasteiger partial charge on any atom is 0.613 e.